The second kappa shape index (κ2) is 6.98. The highest BCUT2D eigenvalue weighted by Gasteiger charge is 2.62. The first-order valence-corrected chi connectivity index (χ1v) is 11.0. The van der Waals surface area contributed by atoms with Gasteiger partial charge >= 0.3 is 0 Å². The summed E-state index contributed by atoms with van der Waals surface area (Å²) >= 11 is 0. The van der Waals surface area contributed by atoms with Crippen molar-refractivity contribution in [3.63, 3.8) is 0 Å². The molecule has 1 amide bonds. The second-order valence-corrected chi connectivity index (χ2v) is 9.50. The molecular weight excluding hydrogens is 362 g/mol. The number of nitrogens with zero attached hydrogens (tertiary/aromatic N) is 3. The number of fused-ring (bicyclic) bond motifs is 1. The molecule has 154 valence electrons. The Labute approximate surface area is 173 Å². The molecule has 5 rings (SSSR count). The van der Waals surface area contributed by atoms with Crippen molar-refractivity contribution in [3.05, 3.63) is 53.7 Å². The summed E-state index contributed by atoms with van der Waals surface area (Å²) in [6.07, 6.45) is 8.21. The maximum absolute atomic E-state index is 13.7. The zero-order valence-corrected chi connectivity index (χ0v) is 17.7. The first kappa shape index (κ1) is 18.9. The van der Waals surface area contributed by atoms with Crippen LogP contribution in [0.3, 0.4) is 0 Å². The van der Waals surface area contributed by atoms with Crippen LogP contribution in [-0.4, -0.2) is 51.9 Å². The zero-order chi connectivity index (χ0) is 20.2. The quantitative estimate of drug-likeness (QED) is 0.789. The lowest BCUT2D eigenvalue weighted by atomic mass is 9.69. The molecule has 2 bridgehead atoms. The van der Waals surface area contributed by atoms with E-state index in [1.54, 1.807) is 0 Å². The predicted molar refractivity (Wildman–Crippen MR) is 112 cm³/mol. The number of aromatic nitrogens is 1. The maximum Gasteiger partial charge on any atom is 0.292 e. The Morgan fingerprint density at radius 2 is 1.93 bits per heavy atom. The van der Waals surface area contributed by atoms with Gasteiger partial charge in [0.2, 0.25) is 5.76 Å². The number of piperidine rings is 1. The van der Waals surface area contributed by atoms with Crippen LogP contribution in [0.25, 0.3) is 0 Å². The van der Waals surface area contributed by atoms with E-state index in [9.17, 15) is 4.79 Å². The van der Waals surface area contributed by atoms with Crippen molar-refractivity contribution in [3.8, 4) is 0 Å². The van der Waals surface area contributed by atoms with Gasteiger partial charge < -0.3 is 9.32 Å². The Hall–Kier alpha value is -2.14. The van der Waals surface area contributed by atoms with Crippen LogP contribution in [0.2, 0.25) is 0 Å². The third kappa shape index (κ3) is 2.85. The van der Waals surface area contributed by atoms with Gasteiger partial charge in [0, 0.05) is 29.6 Å². The Bertz CT molecular complexity index is 895. The molecule has 0 unspecified atom stereocenters. The number of hydrogen-bond donors (Lipinski definition) is 0. The minimum absolute atomic E-state index is 0.0349. The monoisotopic (exact) mass is 393 g/mol. The summed E-state index contributed by atoms with van der Waals surface area (Å²) in [6.45, 7) is 4.29. The highest BCUT2D eigenvalue weighted by molar-refractivity contribution is 5.93. The largest absolute Gasteiger partial charge is 0.438 e. The number of aryl methyl sites for hydroxylation is 1. The summed E-state index contributed by atoms with van der Waals surface area (Å²) in [7, 11) is 2.29. The fourth-order valence-electron chi connectivity index (χ4n) is 6.61. The van der Waals surface area contributed by atoms with Gasteiger partial charge in [-0.1, -0.05) is 50.1 Å². The third-order valence-electron chi connectivity index (χ3n) is 7.99. The Kier molecular flexibility index (Phi) is 4.54. The lowest BCUT2D eigenvalue weighted by Crippen LogP contribution is -2.58. The van der Waals surface area contributed by atoms with E-state index < -0.39 is 0 Å². The van der Waals surface area contributed by atoms with E-state index in [1.807, 2.05) is 6.92 Å². The van der Waals surface area contributed by atoms with E-state index >= 15 is 0 Å². The fourth-order valence-corrected chi connectivity index (χ4v) is 6.61. The third-order valence-corrected chi connectivity index (χ3v) is 7.99. The van der Waals surface area contributed by atoms with Crippen molar-refractivity contribution in [1.82, 2.24) is 14.8 Å². The molecule has 29 heavy (non-hydrogen) atoms. The standard InChI is InChI=1S/C24H31N3O2/c1-16-22(29-15-25-16)23(28)27-19-14-24(2)20(11-7-8-12-21(24)27)26(3)18(19)13-17-9-5-4-6-10-17/h4-6,9-10,15,18-21H,7-8,11-14H2,1-3H3/t18-,19-,20+,21-,24+/m0/s1. The molecule has 2 saturated heterocycles. The Morgan fingerprint density at radius 1 is 1.21 bits per heavy atom. The number of likely N-dealkylation sites (N-methyl/N-ethyl adjacent to an activating group) is 1. The number of carbonyl (C=O) groups is 1. The van der Waals surface area contributed by atoms with Gasteiger partial charge in [0.05, 0.1) is 5.69 Å². The molecule has 2 aromatic rings. The van der Waals surface area contributed by atoms with Crippen LogP contribution in [0.1, 0.15) is 60.8 Å². The topological polar surface area (TPSA) is 49.6 Å². The molecule has 3 aliphatic rings. The average molecular weight is 394 g/mol. The lowest BCUT2D eigenvalue weighted by molar-refractivity contribution is 0.0154. The molecule has 1 aliphatic carbocycles. The van der Waals surface area contributed by atoms with Crippen molar-refractivity contribution < 1.29 is 9.21 Å². The van der Waals surface area contributed by atoms with Gasteiger partial charge in [-0.3, -0.25) is 9.69 Å². The number of amides is 1. The van der Waals surface area contributed by atoms with E-state index in [0.29, 0.717) is 23.5 Å². The maximum atomic E-state index is 13.7. The molecular formula is C24H31N3O2. The molecule has 2 aliphatic heterocycles. The predicted octanol–water partition coefficient (Wildman–Crippen LogP) is 4.07. The molecule has 5 atom stereocenters. The van der Waals surface area contributed by atoms with Crippen LogP contribution in [0.15, 0.2) is 41.1 Å². The van der Waals surface area contributed by atoms with Gasteiger partial charge in [0.1, 0.15) is 0 Å². The van der Waals surface area contributed by atoms with E-state index in [2.05, 4.69) is 59.1 Å². The summed E-state index contributed by atoms with van der Waals surface area (Å²) in [6, 6.07) is 12.0. The van der Waals surface area contributed by atoms with E-state index in [1.165, 1.54) is 31.2 Å². The van der Waals surface area contributed by atoms with Crippen molar-refractivity contribution >= 4 is 5.91 Å². The number of oxazole rings is 1. The molecule has 1 aromatic heterocycles. The molecule has 1 aromatic carbocycles. The Balaban J connectivity index is 1.57. The fraction of sp³-hybridized carbons (Fsp3) is 0.583. The van der Waals surface area contributed by atoms with Crippen LogP contribution in [0.4, 0.5) is 0 Å². The molecule has 3 heterocycles. The van der Waals surface area contributed by atoms with Gasteiger partial charge in [-0.05, 0) is 45.2 Å². The summed E-state index contributed by atoms with van der Waals surface area (Å²) < 4.78 is 5.55. The smallest absolute Gasteiger partial charge is 0.292 e. The molecule has 1 saturated carbocycles. The van der Waals surface area contributed by atoms with Crippen LogP contribution in [0, 0.1) is 12.3 Å². The van der Waals surface area contributed by atoms with Gasteiger partial charge in [-0.15, -0.1) is 0 Å². The van der Waals surface area contributed by atoms with Crippen LogP contribution in [-0.2, 0) is 6.42 Å². The number of rotatable bonds is 3. The van der Waals surface area contributed by atoms with Gasteiger partial charge in [0.15, 0.2) is 6.39 Å². The summed E-state index contributed by atoms with van der Waals surface area (Å²) in [5.74, 6) is 0.454. The molecule has 0 spiro atoms. The van der Waals surface area contributed by atoms with Gasteiger partial charge in [-0.25, -0.2) is 4.98 Å². The van der Waals surface area contributed by atoms with E-state index in [4.69, 9.17) is 4.42 Å². The zero-order valence-electron chi connectivity index (χ0n) is 17.7. The van der Waals surface area contributed by atoms with Crippen molar-refractivity contribution in [1.29, 1.82) is 0 Å². The highest BCUT2D eigenvalue weighted by atomic mass is 16.3. The summed E-state index contributed by atoms with van der Waals surface area (Å²) in [4.78, 5) is 22.7. The van der Waals surface area contributed by atoms with E-state index in [-0.39, 0.29) is 23.4 Å². The lowest BCUT2D eigenvalue weighted by Gasteiger charge is -2.49. The number of likely N-dealkylation sites (tertiary alicyclic amines) is 2. The first-order chi connectivity index (χ1) is 14.0. The summed E-state index contributed by atoms with van der Waals surface area (Å²) in [5.41, 5.74) is 2.18. The minimum atomic E-state index is 0.0349. The van der Waals surface area contributed by atoms with Crippen LogP contribution in [0.5, 0.6) is 0 Å². The first-order valence-electron chi connectivity index (χ1n) is 11.0. The average Bonchev–Trinajstić information content (AvgIpc) is 3.20. The number of hydrogen-bond acceptors (Lipinski definition) is 4. The SMILES string of the molecule is Cc1ncoc1C(=O)N1[C@H]2CCCC[C@H]3N(C)[C@@H](Cc4ccccc4)[C@@H]1C[C@@]23C. The van der Waals surface area contributed by atoms with Gasteiger partial charge in [-0.2, -0.15) is 0 Å². The Morgan fingerprint density at radius 3 is 2.62 bits per heavy atom. The van der Waals surface area contributed by atoms with E-state index in [0.717, 1.165) is 19.3 Å². The normalized spacial score (nSPS) is 34.2. The summed E-state index contributed by atoms with van der Waals surface area (Å²) in [5, 5.41) is 0. The molecule has 5 nitrogen and oxygen atoms in total. The molecule has 3 fully saturated rings. The van der Waals surface area contributed by atoms with Crippen molar-refractivity contribution in [2.45, 2.75) is 76.5 Å². The van der Waals surface area contributed by atoms with Gasteiger partial charge in [0.25, 0.3) is 5.91 Å². The highest BCUT2D eigenvalue weighted by Crippen LogP contribution is 2.55. The van der Waals surface area contributed by atoms with Crippen molar-refractivity contribution in [2.75, 3.05) is 7.05 Å². The van der Waals surface area contributed by atoms with Crippen LogP contribution < -0.4 is 0 Å². The molecule has 0 radical (unpaired) electrons. The molecule has 0 N–H and O–H groups in total. The number of benzene rings is 1. The number of carbonyl (C=O) groups excluding carboxylic acids is 1. The van der Waals surface area contributed by atoms with Crippen molar-refractivity contribution in [2.24, 2.45) is 5.41 Å². The minimum Gasteiger partial charge on any atom is -0.438 e. The second-order valence-electron chi connectivity index (χ2n) is 9.50. The van der Waals surface area contributed by atoms with Crippen LogP contribution >= 0.6 is 0 Å². The molecule has 5 heteroatoms.